The fraction of sp³-hybridized carbons (Fsp3) is 0.462. The molecule has 1 atom stereocenters. The lowest BCUT2D eigenvalue weighted by molar-refractivity contribution is -0.142. The number of hydrogen-bond donors (Lipinski definition) is 0. The highest BCUT2D eigenvalue weighted by Crippen LogP contribution is 2.29. The average Bonchev–Trinajstić information content (AvgIpc) is 2.31. The van der Waals surface area contributed by atoms with Gasteiger partial charge >= 0.3 is 5.97 Å². The van der Waals surface area contributed by atoms with Gasteiger partial charge in [0.25, 0.3) is 0 Å². The summed E-state index contributed by atoms with van der Waals surface area (Å²) >= 11 is 6.09. The predicted molar refractivity (Wildman–Crippen MR) is 65.7 cm³/mol. The lowest BCUT2D eigenvalue weighted by Gasteiger charge is -2.15. The third-order valence-electron chi connectivity index (χ3n) is 2.61. The van der Waals surface area contributed by atoms with Crippen molar-refractivity contribution < 1.29 is 9.53 Å². The van der Waals surface area contributed by atoms with E-state index in [2.05, 4.69) is 6.92 Å². The Labute approximate surface area is 102 Å². The molecule has 1 aromatic carbocycles. The number of hydrogen-bond acceptors (Lipinski definition) is 2. The van der Waals surface area contributed by atoms with E-state index in [-0.39, 0.29) is 11.9 Å². The lowest BCUT2D eigenvalue weighted by Crippen LogP contribution is -2.14. The Morgan fingerprint density at radius 3 is 2.69 bits per heavy atom. The van der Waals surface area contributed by atoms with Gasteiger partial charge in [-0.25, -0.2) is 0 Å². The summed E-state index contributed by atoms with van der Waals surface area (Å²) in [6.45, 7) is 2.10. The third kappa shape index (κ3) is 3.24. The highest BCUT2D eigenvalue weighted by Gasteiger charge is 2.22. The molecule has 0 aliphatic rings. The molecule has 2 nitrogen and oxygen atoms in total. The summed E-state index contributed by atoms with van der Waals surface area (Å²) in [4.78, 5) is 11.7. The summed E-state index contributed by atoms with van der Waals surface area (Å²) in [5, 5.41) is 0.633. The molecule has 0 saturated carbocycles. The molecule has 1 aromatic rings. The van der Waals surface area contributed by atoms with Crippen LogP contribution in [0.4, 0.5) is 0 Å². The maximum Gasteiger partial charge on any atom is 0.313 e. The van der Waals surface area contributed by atoms with E-state index in [1.807, 2.05) is 18.2 Å². The molecule has 1 unspecified atom stereocenters. The van der Waals surface area contributed by atoms with Crippen LogP contribution in [0.25, 0.3) is 0 Å². The minimum atomic E-state index is -0.237. The van der Waals surface area contributed by atoms with Crippen LogP contribution in [0.3, 0.4) is 0 Å². The summed E-state index contributed by atoms with van der Waals surface area (Å²) in [5.74, 6) is -0.444. The minimum Gasteiger partial charge on any atom is -0.469 e. The van der Waals surface area contributed by atoms with E-state index in [4.69, 9.17) is 16.3 Å². The van der Waals surface area contributed by atoms with E-state index in [0.717, 1.165) is 24.8 Å². The molecule has 0 bridgehead atoms. The minimum absolute atomic E-state index is 0.207. The van der Waals surface area contributed by atoms with Crippen molar-refractivity contribution in [1.29, 1.82) is 0 Å². The number of carbonyl (C=O) groups is 1. The van der Waals surface area contributed by atoms with Gasteiger partial charge in [0, 0.05) is 5.02 Å². The van der Waals surface area contributed by atoms with Gasteiger partial charge in [0.1, 0.15) is 0 Å². The number of benzene rings is 1. The third-order valence-corrected chi connectivity index (χ3v) is 2.96. The van der Waals surface area contributed by atoms with Crippen molar-refractivity contribution in [3.63, 3.8) is 0 Å². The first-order chi connectivity index (χ1) is 7.70. The van der Waals surface area contributed by atoms with E-state index in [1.54, 1.807) is 6.07 Å². The number of unbranched alkanes of at least 4 members (excludes halogenated alkanes) is 1. The van der Waals surface area contributed by atoms with Gasteiger partial charge in [0.05, 0.1) is 13.0 Å². The lowest BCUT2D eigenvalue weighted by atomic mass is 9.93. The Kier molecular flexibility index (Phi) is 5.33. The molecule has 16 heavy (non-hydrogen) atoms. The van der Waals surface area contributed by atoms with Crippen LogP contribution in [0.5, 0.6) is 0 Å². The maximum atomic E-state index is 11.7. The van der Waals surface area contributed by atoms with Crippen LogP contribution in [-0.2, 0) is 9.53 Å². The Morgan fingerprint density at radius 2 is 2.12 bits per heavy atom. The van der Waals surface area contributed by atoms with E-state index in [1.165, 1.54) is 7.11 Å². The second-order valence-electron chi connectivity index (χ2n) is 3.74. The van der Waals surface area contributed by atoms with Crippen molar-refractivity contribution in [2.24, 2.45) is 0 Å². The van der Waals surface area contributed by atoms with Gasteiger partial charge in [0.15, 0.2) is 0 Å². The quantitative estimate of drug-likeness (QED) is 0.732. The molecular weight excluding hydrogens is 224 g/mol. The Balaban J connectivity index is 2.92. The molecule has 3 heteroatoms. The second-order valence-corrected chi connectivity index (χ2v) is 4.15. The SMILES string of the molecule is CCCCC(C(=O)OC)c1ccccc1Cl. The molecule has 1 rings (SSSR count). The van der Waals surface area contributed by atoms with Crippen LogP contribution in [0.15, 0.2) is 24.3 Å². The number of esters is 1. The average molecular weight is 241 g/mol. The molecule has 0 amide bonds. The van der Waals surface area contributed by atoms with Crippen LogP contribution in [0.1, 0.15) is 37.7 Å². The molecule has 0 saturated heterocycles. The molecule has 0 fully saturated rings. The van der Waals surface area contributed by atoms with Gasteiger partial charge in [0.2, 0.25) is 0 Å². The van der Waals surface area contributed by atoms with E-state index >= 15 is 0 Å². The Bertz CT molecular complexity index is 350. The maximum absolute atomic E-state index is 11.7. The highest BCUT2D eigenvalue weighted by atomic mass is 35.5. The van der Waals surface area contributed by atoms with Crippen LogP contribution in [0.2, 0.25) is 5.02 Å². The molecule has 0 spiro atoms. The molecule has 0 N–H and O–H groups in total. The van der Waals surface area contributed by atoms with Crippen molar-refractivity contribution in [2.75, 3.05) is 7.11 Å². The summed E-state index contributed by atoms with van der Waals surface area (Å²) < 4.78 is 4.82. The standard InChI is InChI=1S/C13H17ClO2/c1-3-4-7-11(13(15)16-2)10-8-5-6-9-12(10)14/h5-6,8-9,11H,3-4,7H2,1-2H3. The zero-order chi connectivity index (χ0) is 12.0. The van der Waals surface area contributed by atoms with Crippen molar-refractivity contribution >= 4 is 17.6 Å². The first-order valence-corrected chi connectivity index (χ1v) is 5.90. The Hall–Kier alpha value is -1.02. The number of carbonyl (C=O) groups excluding carboxylic acids is 1. The van der Waals surface area contributed by atoms with Gasteiger partial charge in [-0.2, -0.15) is 0 Å². The summed E-state index contributed by atoms with van der Waals surface area (Å²) in [6, 6.07) is 7.45. The Morgan fingerprint density at radius 1 is 1.44 bits per heavy atom. The van der Waals surface area contributed by atoms with Crippen molar-refractivity contribution in [3.8, 4) is 0 Å². The monoisotopic (exact) mass is 240 g/mol. The zero-order valence-electron chi connectivity index (χ0n) is 9.70. The van der Waals surface area contributed by atoms with Crippen molar-refractivity contribution in [3.05, 3.63) is 34.9 Å². The highest BCUT2D eigenvalue weighted by molar-refractivity contribution is 6.31. The van der Waals surface area contributed by atoms with Crippen LogP contribution >= 0.6 is 11.6 Å². The van der Waals surface area contributed by atoms with Gasteiger partial charge in [-0.15, -0.1) is 0 Å². The van der Waals surface area contributed by atoms with Crippen LogP contribution in [-0.4, -0.2) is 13.1 Å². The summed E-state index contributed by atoms with van der Waals surface area (Å²) in [7, 11) is 1.41. The van der Waals surface area contributed by atoms with Crippen LogP contribution in [0, 0.1) is 0 Å². The smallest absolute Gasteiger partial charge is 0.313 e. The molecule has 88 valence electrons. The zero-order valence-corrected chi connectivity index (χ0v) is 10.5. The number of halogens is 1. The molecule has 0 aliphatic heterocycles. The molecule has 0 radical (unpaired) electrons. The molecule has 0 aliphatic carbocycles. The van der Waals surface area contributed by atoms with Crippen molar-refractivity contribution in [1.82, 2.24) is 0 Å². The molecular formula is C13H17ClO2. The number of methoxy groups -OCH3 is 1. The summed E-state index contributed by atoms with van der Waals surface area (Å²) in [5.41, 5.74) is 0.865. The van der Waals surface area contributed by atoms with Crippen molar-refractivity contribution in [2.45, 2.75) is 32.1 Å². The summed E-state index contributed by atoms with van der Waals surface area (Å²) in [6.07, 6.45) is 2.83. The first-order valence-electron chi connectivity index (χ1n) is 5.53. The number of rotatable bonds is 5. The second kappa shape index (κ2) is 6.54. The fourth-order valence-electron chi connectivity index (χ4n) is 1.71. The van der Waals surface area contributed by atoms with E-state index in [9.17, 15) is 4.79 Å². The van der Waals surface area contributed by atoms with E-state index < -0.39 is 0 Å². The molecule has 0 aromatic heterocycles. The number of ether oxygens (including phenoxy) is 1. The van der Waals surface area contributed by atoms with Gasteiger partial charge in [-0.1, -0.05) is 49.6 Å². The van der Waals surface area contributed by atoms with Gasteiger partial charge in [-0.05, 0) is 18.1 Å². The van der Waals surface area contributed by atoms with Gasteiger partial charge < -0.3 is 4.74 Å². The first kappa shape index (κ1) is 13.0. The van der Waals surface area contributed by atoms with Gasteiger partial charge in [-0.3, -0.25) is 4.79 Å². The predicted octanol–water partition coefficient (Wildman–Crippen LogP) is 3.79. The fourth-order valence-corrected chi connectivity index (χ4v) is 1.98. The van der Waals surface area contributed by atoms with Crippen LogP contribution < -0.4 is 0 Å². The molecule has 0 heterocycles. The topological polar surface area (TPSA) is 26.3 Å². The largest absolute Gasteiger partial charge is 0.469 e. The normalized spacial score (nSPS) is 12.2. The van der Waals surface area contributed by atoms with E-state index in [0.29, 0.717) is 5.02 Å².